The molecule has 1 nitrogen and oxygen atoms in total. The highest BCUT2D eigenvalue weighted by molar-refractivity contribution is 5.18. The highest BCUT2D eigenvalue weighted by atomic mass is 16.3. The van der Waals surface area contributed by atoms with Crippen molar-refractivity contribution in [3.05, 3.63) is 6.42 Å². The van der Waals surface area contributed by atoms with Crippen molar-refractivity contribution in [1.29, 1.82) is 0 Å². The fraction of sp³-hybridized carbons (Fsp3) is 0.900. The third-order valence-electron chi connectivity index (χ3n) is 4.44. The first-order chi connectivity index (χ1) is 4.98. The van der Waals surface area contributed by atoms with E-state index in [1.807, 2.05) is 0 Å². The lowest BCUT2D eigenvalue weighted by atomic mass is 9.70. The zero-order chi connectivity index (χ0) is 8.28. The Bertz CT molecular complexity index is 185. The van der Waals surface area contributed by atoms with Crippen LogP contribution < -0.4 is 0 Å². The van der Waals surface area contributed by atoms with Gasteiger partial charge in [0.25, 0.3) is 0 Å². The maximum absolute atomic E-state index is 9.76. The second-order valence-electron chi connectivity index (χ2n) is 4.92. The van der Waals surface area contributed by atoms with E-state index in [1.165, 1.54) is 12.8 Å². The Morgan fingerprint density at radius 1 is 1.36 bits per heavy atom. The van der Waals surface area contributed by atoms with E-state index >= 15 is 0 Å². The second-order valence-corrected chi connectivity index (χ2v) is 4.92. The van der Waals surface area contributed by atoms with Gasteiger partial charge in [-0.25, -0.2) is 0 Å². The highest BCUT2D eigenvalue weighted by Crippen LogP contribution is 2.64. The molecule has 0 amide bonds. The van der Waals surface area contributed by atoms with Crippen LogP contribution in [0.5, 0.6) is 0 Å². The van der Waals surface area contributed by atoms with E-state index in [-0.39, 0.29) is 11.5 Å². The van der Waals surface area contributed by atoms with Crippen LogP contribution in [0.2, 0.25) is 0 Å². The Morgan fingerprint density at radius 3 is 2.18 bits per heavy atom. The molecule has 3 unspecified atom stereocenters. The van der Waals surface area contributed by atoms with Gasteiger partial charge in [-0.05, 0) is 36.0 Å². The van der Waals surface area contributed by atoms with Crippen molar-refractivity contribution < 1.29 is 5.11 Å². The van der Waals surface area contributed by atoms with Gasteiger partial charge < -0.3 is 5.11 Å². The summed E-state index contributed by atoms with van der Waals surface area (Å²) in [6, 6.07) is 0. The fourth-order valence-electron chi connectivity index (χ4n) is 2.86. The molecule has 0 aromatic rings. The molecule has 0 saturated heterocycles. The minimum atomic E-state index is -0.156. The lowest BCUT2D eigenvalue weighted by Gasteiger charge is -2.36. The van der Waals surface area contributed by atoms with Crippen LogP contribution in [0.3, 0.4) is 0 Å². The van der Waals surface area contributed by atoms with Gasteiger partial charge in [-0.15, -0.1) is 0 Å². The third kappa shape index (κ3) is 0.658. The number of hydrogen-bond donors (Lipinski definition) is 1. The van der Waals surface area contributed by atoms with Gasteiger partial charge in [0.2, 0.25) is 0 Å². The standard InChI is InChI=1S/C10H17O/c1-9(2)7-4-5-10(9,3)8(11)6-7/h6-8,11H,4-5H2,1-3H3. The van der Waals surface area contributed by atoms with Gasteiger partial charge in [0.15, 0.2) is 0 Å². The quantitative estimate of drug-likeness (QED) is 0.564. The number of hydrogen-bond acceptors (Lipinski definition) is 1. The summed E-state index contributed by atoms with van der Waals surface area (Å²) < 4.78 is 0. The van der Waals surface area contributed by atoms with Crippen molar-refractivity contribution in [2.45, 2.75) is 39.7 Å². The molecule has 1 heteroatoms. The molecule has 2 bridgehead atoms. The van der Waals surface area contributed by atoms with Gasteiger partial charge in [-0.3, -0.25) is 0 Å². The van der Waals surface area contributed by atoms with Crippen molar-refractivity contribution in [2.75, 3.05) is 0 Å². The molecule has 11 heavy (non-hydrogen) atoms. The number of aliphatic hydroxyl groups excluding tert-OH is 1. The summed E-state index contributed by atoms with van der Waals surface area (Å²) in [7, 11) is 0. The van der Waals surface area contributed by atoms with E-state index in [9.17, 15) is 5.11 Å². The lowest BCUT2D eigenvalue weighted by molar-refractivity contribution is 0.0250. The molecule has 0 spiro atoms. The Labute approximate surface area is 68.8 Å². The van der Waals surface area contributed by atoms with Crippen molar-refractivity contribution in [2.24, 2.45) is 16.7 Å². The molecule has 2 saturated carbocycles. The molecular formula is C10H17O. The van der Waals surface area contributed by atoms with E-state index in [2.05, 4.69) is 27.2 Å². The summed E-state index contributed by atoms with van der Waals surface area (Å²) in [6.07, 6.45) is 4.46. The molecule has 2 aliphatic rings. The van der Waals surface area contributed by atoms with Gasteiger partial charge >= 0.3 is 0 Å². The van der Waals surface area contributed by atoms with Gasteiger partial charge in [-0.2, -0.15) is 0 Å². The molecule has 1 N–H and O–H groups in total. The molecule has 2 rings (SSSR count). The molecule has 3 atom stereocenters. The van der Waals surface area contributed by atoms with Gasteiger partial charge in [0, 0.05) is 0 Å². The molecule has 0 aromatic carbocycles. The van der Waals surface area contributed by atoms with E-state index < -0.39 is 0 Å². The third-order valence-corrected chi connectivity index (χ3v) is 4.44. The van der Waals surface area contributed by atoms with Gasteiger partial charge in [-0.1, -0.05) is 20.8 Å². The predicted molar refractivity (Wildman–Crippen MR) is 44.9 cm³/mol. The molecule has 0 heterocycles. The average Bonchev–Trinajstić information content (AvgIpc) is 2.20. The molecule has 2 fully saturated rings. The zero-order valence-corrected chi connectivity index (χ0v) is 7.59. The minimum Gasteiger partial charge on any atom is -0.392 e. The number of rotatable bonds is 0. The van der Waals surface area contributed by atoms with E-state index in [4.69, 9.17) is 0 Å². The van der Waals surface area contributed by atoms with E-state index in [1.54, 1.807) is 0 Å². The SMILES string of the molecule is CC1(C)C2[CH]C(O)C1(C)CC2. The Hall–Kier alpha value is -0.0400. The first-order valence-electron chi connectivity index (χ1n) is 4.51. The molecule has 2 aliphatic carbocycles. The topological polar surface area (TPSA) is 20.2 Å². The summed E-state index contributed by atoms with van der Waals surface area (Å²) >= 11 is 0. The maximum atomic E-state index is 9.76. The van der Waals surface area contributed by atoms with Crippen LogP contribution in [0.15, 0.2) is 0 Å². The first-order valence-corrected chi connectivity index (χ1v) is 4.51. The van der Waals surface area contributed by atoms with Crippen LogP contribution in [0.1, 0.15) is 33.6 Å². The summed E-state index contributed by atoms with van der Waals surface area (Å²) in [5.74, 6) is 0.655. The van der Waals surface area contributed by atoms with Crippen molar-refractivity contribution >= 4 is 0 Å². The van der Waals surface area contributed by atoms with Crippen molar-refractivity contribution in [1.82, 2.24) is 0 Å². The Balaban J connectivity index is 2.40. The van der Waals surface area contributed by atoms with E-state index in [0.29, 0.717) is 11.3 Å². The van der Waals surface area contributed by atoms with Crippen molar-refractivity contribution in [3.63, 3.8) is 0 Å². The van der Waals surface area contributed by atoms with Crippen LogP contribution in [0.4, 0.5) is 0 Å². The van der Waals surface area contributed by atoms with Gasteiger partial charge in [0.05, 0.1) is 6.10 Å². The maximum Gasteiger partial charge on any atom is 0.0633 e. The average molecular weight is 153 g/mol. The molecule has 0 aromatic heterocycles. The molecule has 0 aliphatic heterocycles. The molecule has 63 valence electrons. The molecular weight excluding hydrogens is 136 g/mol. The van der Waals surface area contributed by atoms with Crippen LogP contribution in [-0.2, 0) is 0 Å². The van der Waals surface area contributed by atoms with Crippen molar-refractivity contribution in [3.8, 4) is 0 Å². The summed E-state index contributed by atoms with van der Waals surface area (Å²) in [4.78, 5) is 0. The Morgan fingerprint density at radius 2 is 2.00 bits per heavy atom. The largest absolute Gasteiger partial charge is 0.392 e. The number of aliphatic hydroxyl groups is 1. The van der Waals surface area contributed by atoms with Crippen LogP contribution in [-0.4, -0.2) is 11.2 Å². The monoisotopic (exact) mass is 153 g/mol. The second kappa shape index (κ2) is 1.82. The van der Waals surface area contributed by atoms with Gasteiger partial charge in [0.1, 0.15) is 0 Å². The Kier molecular flexibility index (Phi) is 1.26. The van der Waals surface area contributed by atoms with Crippen LogP contribution in [0, 0.1) is 23.2 Å². The summed E-state index contributed by atoms with van der Waals surface area (Å²) in [6.45, 7) is 6.80. The number of fused-ring (bicyclic) bond motifs is 2. The summed E-state index contributed by atoms with van der Waals surface area (Å²) in [5.41, 5.74) is 0.490. The van der Waals surface area contributed by atoms with E-state index in [0.717, 1.165) is 0 Å². The summed E-state index contributed by atoms with van der Waals surface area (Å²) in [5, 5.41) is 9.76. The molecule has 1 radical (unpaired) electrons. The first kappa shape index (κ1) is 7.60. The normalized spacial score (nSPS) is 53.5. The van der Waals surface area contributed by atoms with Crippen LogP contribution in [0.25, 0.3) is 0 Å². The minimum absolute atomic E-state index is 0.156. The van der Waals surface area contributed by atoms with Crippen LogP contribution >= 0.6 is 0 Å². The lowest BCUT2D eigenvalue weighted by Crippen LogP contribution is -2.35. The smallest absolute Gasteiger partial charge is 0.0633 e. The highest BCUT2D eigenvalue weighted by Gasteiger charge is 2.61. The fourth-order valence-corrected chi connectivity index (χ4v) is 2.86. The predicted octanol–water partition coefficient (Wildman–Crippen LogP) is 2.01. The zero-order valence-electron chi connectivity index (χ0n) is 7.59.